The van der Waals surface area contributed by atoms with Crippen LogP contribution in [0.3, 0.4) is 0 Å². The van der Waals surface area contributed by atoms with Gasteiger partial charge in [-0.15, -0.1) is 0 Å². The van der Waals surface area contributed by atoms with Gasteiger partial charge < -0.3 is 10.6 Å². The topological polar surface area (TPSA) is 70.2 Å². The highest BCUT2D eigenvalue weighted by atomic mass is 79.9. The number of carbonyl (C=O) groups is 2. The van der Waals surface area contributed by atoms with Crippen LogP contribution in [0.15, 0.2) is 28.7 Å². The van der Waals surface area contributed by atoms with Crippen LogP contribution in [0.4, 0.5) is 8.78 Å². The smallest absolute Gasteiger partial charge is 0.262 e. The van der Waals surface area contributed by atoms with E-state index in [1.54, 1.807) is 24.3 Å². The largest absolute Gasteiger partial charge is 0.353 e. The van der Waals surface area contributed by atoms with Gasteiger partial charge in [-0.2, -0.15) is 0 Å². The lowest BCUT2D eigenvalue weighted by atomic mass is 10.2. The molecule has 0 spiro atoms. The van der Waals surface area contributed by atoms with Crippen LogP contribution in [-0.4, -0.2) is 43.4 Å². The van der Waals surface area contributed by atoms with Gasteiger partial charge in [0, 0.05) is 29.5 Å². The number of amides is 2. The molecule has 0 saturated carbocycles. The van der Waals surface area contributed by atoms with Crippen molar-refractivity contribution >= 4 is 27.7 Å². The lowest BCUT2D eigenvalue weighted by Gasteiger charge is -2.11. The standard InChI is InChI=1S/C14H16BrF2N3O2/c15-10-3-1-9(2-4-10)12(21)18-5-6-19-13(22)11-7-14(16,17)8-20-11/h1-4,11,20H,5-8H2,(H,18,21)(H,19,22). The van der Waals surface area contributed by atoms with E-state index in [2.05, 4.69) is 31.9 Å². The van der Waals surface area contributed by atoms with Crippen LogP contribution in [0.1, 0.15) is 16.8 Å². The number of benzene rings is 1. The van der Waals surface area contributed by atoms with Crippen molar-refractivity contribution < 1.29 is 18.4 Å². The Labute approximate surface area is 135 Å². The molecule has 120 valence electrons. The van der Waals surface area contributed by atoms with Crippen LogP contribution in [0, 0.1) is 0 Å². The number of nitrogens with one attached hydrogen (secondary N) is 3. The molecule has 1 heterocycles. The minimum atomic E-state index is -2.84. The molecule has 2 rings (SSSR count). The summed E-state index contributed by atoms with van der Waals surface area (Å²) in [6.45, 7) is -0.0695. The Kier molecular flexibility index (Phi) is 5.47. The van der Waals surface area contributed by atoms with Crippen molar-refractivity contribution in [2.45, 2.75) is 18.4 Å². The highest BCUT2D eigenvalue weighted by Gasteiger charge is 2.42. The van der Waals surface area contributed by atoms with Crippen molar-refractivity contribution in [2.75, 3.05) is 19.6 Å². The minimum absolute atomic E-state index is 0.185. The average Bonchev–Trinajstić information content (AvgIpc) is 2.84. The summed E-state index contributed by atoms with van der Waals surface area (Å²) in [6.07, 6.45) is -0.496. The maximum atomic E-state index is 13.0. The van der Waals surface area contributed by atoms with Gasteiger partial charge in [-0.25, -0.2) is 8.78 Å². The first kappa shape index (κ1) is 16.8. The molecule has 1 aliphatic heterocycles. The number of hydrogen-bond acceptors (Lipinski definition) is 3. The normalized spacial score (nSPS) is 19.7. The van der Waals surface area contributed by atoms with Crippen LogP contribution < -0.4 is 16.0 Å². The quantitative estimate of drug-likeness (QED) is 0.679. The molecule has 8 heteroatoms. The molecule has 0 bridgehead atoms. The van der Waals surface area contributed by atoms with E-state index in [-0.39, 0.29) is 19.0 Å². The maximum absolute atomic E-state index is 13.0. The molecule has 1 atom stereocenters. The van der Waals surface area contributed by atoms with E-state index in [1.807, 2.05) is 0 Å². The fourth-order valence-electron chi connectivity index (χ4n) is 2.09. The fraction of sp³-hybridized carbons (Fsp3) is 0.429. The van der Waals surface area contributed by atoms with Gasteiger partial charge >= 0.3 is 0 Å². The van der Waals surface area contributed by atoms with E-state index in [9.17, 15) is 18.4 Å². The molecule has 1 unspecified atom stereocenters. The van der Waals surface area contributed by atoms with E-state index in [0.717, 1.165) is 4.47 Å². The third kappa shape index (κ3) is 4.74. The predicted molar refractivity (Wildman–Crippen MR) is 80.8 cm³/mol. The lowest BCUT2D eigenvalue weighted by Crippen LogP contribution is -2.43. The summed E-state index contributed by atoms with van der Waals surface area (Å²) in [4.78, 5) is 23.5. The van der Waals surface area contributed by atoms with Gasteiger partial charge in [-0.1, -0.05) is 15.9 Å². The fourth-order valence-corrected chi connectivity index (χ4v) is 2.35. The van der Waals surface area contributed by atoms with Gasteiger partial charge in [-0.05, 0) is 24.3 Å². The third-order valence-electron chi connectivity index (χ3n) is 3.24. The summed E-state index contributed by atoms with van der Waals surface area (Å²) >= 11 is 3.28. The van der Waals surface area contributed by atoms with Gasteiger partial charge in [-0.3, -0.25) is 14.9 Å². The zero-order valence-electron chi connectivity index (χ0n) is 11.7. The van der Waals surface area contributed by atoms with Crippen molar-refractivity contribution in [2.24, 2.45) is 0 Å². The second kappa shape index (κ2) is 7.15. The SMILES string of the molecule is O=C(NCCNC(=O)C1CC(F)(F)CN1)c1ccc(Br)cc1. The molecule has 1 saturated heterocycles. The van der Waals surface area contributed by atoms with Crippen molar-refractivity contribution in [3.63, 3.8) is 0 Å². The first-order valence-corrected chi connectivity index (χ1v) is 7.59. The Bertz CT molecular complexity index is 552. The first-order valence-electron chi connectivity index (χ1n) is 6.80. The highest BCUT2D eigenvalue weighted by molar-refractivity contribution is 9.10. The van der Waals surface area contributed by atoms with Crippen LogP contribution >= 0.6 is 15.9 Å². The van der Waals surface area contributed by atoms with E-state index >= 15 is 0 Å². The van der Waals surface area contributed by atoms with E-state index in [4.69, 9.17) is 0 Å². The molecule has 1 aromatic carbocycles. The van der Waals surface area contributed by atoms with Crippen molar-refractivity contribution in [1.82, 2.24) is 16.0 Å². The first-order chi connectivity index (χ1) is 10.4. The molecule has 1 fully saturated rings. The van der Waals surface area contributed by atoms with Crippen LogP contribution in [0.25, 0.3) is 0 Å². The number of rotatable bonds is 5. The van der Waals surface area contributed by atoms with Gasteiger partial charge in [0.25, 0.3) is 11.8 Å². The van der Waals surface area contributed by atoms with Crippen molar-refractivity contribution in [1.29, 1.82) is 0 Å². The third-order valence-corrected chi connectivity index (χ3v) is 3.77. The Morgan fingerprint density at radius 1 is 1.23 bits per heavy atom. The molecule has 22 heavy (non-hydrogen) atoms. The Morgan fingerprint density at radius 2 is 1.86 bits per heavy atom. The molecule has 5 nitrogen and oxygen atoms in total. The second-order valence-electron chi connectivity index (χ2n) is 5.05. The predicted octanol–water partition coefficient (Wildman–Crippen LogP) is 1.29. The number of carbonyl (C=O) groups excluding carboxylic acids is 2. The number of hydrogen-bond donors (Lipinski definition) is 3. The summed E-state index contributed by atoms with van der Waals surface area (Å²) in [5.41, 5.74) is 0.506. The average molecular weight is 376 g/mol. The van der Waals surface area contributed by atoms with E-state index in [0.29, 0.717) is 5.56 Å². The molecule has 1 aliphatic rings. The summed E-state index contributed by atoms with van der Waals surface area (Å²) < 4.78 is 26.8. The molecule has 2 amide bonds. The summed E-state index contributed by atoms with van der Waals surface area (Å²) in [6, 6.07) is 5.97. The van der Waals surface area contributed by atoms with Gasteiger partial charge in [0.05, 0.1) is 12.6 Å². The molecule has 0 radical (unpaired) electrons. The van der Waals surface area contributed by atoms with E-state index in [1.165, 1.54) is 0 Å². The Morgan fingerprint density at radius 3 is 2.45 bits per heavy atom. The monoisotopic (exact) mass is 375 g/mol. The number of halogens is 3. The molecule has 3 N–H and O–H groups in total. The molecular formula is C14H16BrF2N3O2. The number of alkyl halides is 2. The van der Waals surface area contributed by atoms with Crippen LogP contribution in [-0.2, 0) is 4.79 Å². The molecular weight excluding hydrogens is 360 g/mol. The lowest BCUT2D eigenvalue weighted by molar-refractivity contribution is -0.123. The van der Waals surface area contributed by atoms with Crippen LogP contribution in [0.2, 0.25) is 0 Å². The Hall–Kier alpha value is -1.54. The van der Waals surface area contributed by atoms with E-state index < -0.39 is 30.8 Å². The Balaban J connectivity index is 1.68. The van der Waals surface area contributed by atoms with Gasteiger partial charge in [0.2, 0.25) is 5.91 Å². The summed E-state index contributed by atoms with van der Waals surface area (Å²) in [7, 11) is 0. The van der Waals surface area contributed by atoms with Crippen LogP contribution in [0.5, 0.6) is 0 Å². The van der Waals surface area contributed by atoms with Crippen molar-refractivity contribution in [3.05, 3.63) is 34.3 Å². The summed E-state index contributed by atoms with van der Waals surface area (Å²) in [5.74, 6) is -3.57. The van der Waals surface area contributed by atoms with Crippen molar-refractivity contribution in [3.8, 4) is 0 Å². The zero-order chi connectivity index (χ0) is 16.2. The summed E-state index contributed by atoms with van der Waals surface area (Å²) in [5, 5.41) is 7.64. The molecule has 0 aromatic heterocycles. The maximum Gasteiger partial charge on any atom is 0.262 e. The highest BCUT2D eigenvalue weighted by Crippen LogP contribution is 2.24. The minimum Gasteiger partial charge on any atom is -0.353 e. The zero-order valence-corrected chi connectivity index (χ0v) is 13.3. The van der Waals surface area contributed by atoms with Gasteiger partial charge in [0.15, 0.2) is 0 Å². The second-order valence-corrected chi connectivity index (χ2v) is 5.96. The molecule has 0 aliphatic carbocycles. The van der Waals surface area contributed by atoms with Gasteiger partial charge in [0.1, 0.15) is 0 Å². The molecule has 1 aromatic rings.